The first kappa shape index (κ1) is 15.4. The zero-order valence-electron chi connectivity index (χ0n) is 11.3. The third-order valence-corrected chi connectivity index (χ3v) is 3.91. The molecule has 0 aliphatic carbocycles. The number of hydrogen-bond acceptors (Lipinski definition) is 2. The van der Waals surface area contributed by atoms with E-state index in [1.165, 1.54) is 6.07 Å². The van der Waals surface area contributed by atoms with Crippen molar-refractivity contribution < 1.29 is 13.2 Å². The van der Waals surface area contributed by atoms with Crippen LogP contribution in [0.3, 0.4) is 0 Å². The minimum atomic E-state index is -4.34. The molecule has 1 aromatic carbocycles. The number of nitrogens with one attached hydrogen (secondary N) is 1. The van der Waals surface area contributed by atoms with Gasteiger partial charge in [0.1, 0.15) is 0 Å². The lowest BCUT2D eigenvalue weighted by Gasteiger charge is -2.27. The fourth-order valence-corrected chi connectivity index (χ4v) is 2.66. The lowest BCUT2D eigenvalue weighted by Crippen LogP contribution is -2.37. The van der Waals surface area contributed by atoms with Gasteiger partial charge in [-0.25, -0.2) is 0 Å². The number of benzene rings is 1. The number of halogens is 4. The average Bonchev–Trinajstić information content (AvgIpc) is 2.63. The summed E-state index contributed by atoms with van der Waals surface area (Å²) >= 11 is 6.09. The molecule has 20 heavy (non-hydrogen) atoms. The van der Waals surface area contributed by atoms with Gasteiger partial charge in [0, 0.05) is 19.1 Å². The fourth-order valence-electron chi connectivity index (χ4n) is 2.42. The van der Waals surface area contributed by atoms with Crippen LogP contribution in [0, 0.1) is 0 Å². The molecule has 1 N–H and O–H groups in total. The SMILES string of the molecule is CCC1CN(c2cc(C(F)(F)F)ccc2Cl)CCCN1. The van der Waals surface area contributed by atoms with Gasteiger partial charge in [-0.2, -0.15) is 13.2 Å². The first-order valence-corrected chi connectivity index (χ1v) is 7.14. The topological polar surface area (TPSA) is 15.3 Å². The van der Waals surface area contributed by atoms with E-state index >= 15 is 0 Å². The molecule has 1 fully saturated rings. The van der Waals surface area contributed by atoms with Crippen molar-refractivity contribution in [3.05, 3.63) is 28.8 Å². The maximum absolute atomic E-state index is 12.8. The maximum Gasteiger partial charge on any atom is 0.416 e. The van der Waals surface area contributed by atoms with Crippen LogP contribution in [0.25, 0.3) is 0 Å². The van der Waals surface area contributed by atoms with Crippen molar-refractivity contribution in [2.75, 3.05) is 24.5 Å². The van der Waals surface area contributed by atoms with Crippen LogP contribution >= 0.6 is 11.6 Å². The molecule has 1 saturated heterocycles. The summed E-state index contributed by atoms with van der Waals surface area (Å²) in [4.78, 5) is 1.95. The Kier molecular flexibility index (Phi) is 4.81. The zero-order chi connectivity index (χ0) is 14.8. The second kappa shape index (κ2) is 6.22. The molecule has 1 atom stereocenters. The van der Waals surface area contributed by atoms with E-state index in [2.05, 4.69) is 12.2 Å². The standard InChI is InChI=1S/C14H18ClF3N2/c1-2-11-9-20(7-3-6-19-11)13-8-10(14(16,17)18)4-5-12(13)15/h4-5,8,11,19H,2-3,6-7,9H2,1H3. The predicted octanol–water partition coefficient (Wildman–Crippen LogP) is 3.94. The van der Waals surface area contributed by atoms with Gasteiger partial charge in [-0.15, -0.1) is 0 Å². The van der Waals surface area contributed by atoms with Gasteiger partial charge in [-0.1, -0.05) is 18.5 Å². The van der Waals surface area contributed by atoms with Crippen molar-refractivity contribution in [3.8, 4) is 0 Å². The summed E-state index contributed by atoms with van der Waals surface area (Å²) in [6, 6.07) is 3.79. The fraction of sp³-hybridized carbons (Fsp3) is 0.571. The Morgan fingerprint density at radius 2 is 2.15 bits per heavy atom. The van der Waals surface area contributed by atoms with E-state index in [9.17, 15) is 13.2 Å². The smallest absolute Gasteiger partial charge is 0.369 e. The third kappa shape index (κ3) is 3.58. The minimum absolute atomic E-state index is 0.281. The molecular weight excluding hydrogens is 289 g/mol. The van der Waals surface area contributed by atoms with Gasteiger partial charge in [-0.3, -0.25) is 0 Å². The van der Waals surface area contributed by atoms with E-state index in [1.807, 2.05) is 4.90 Å². The van der Waals surface area contributed by atoms with Crippen LogP contribution in [0.15, 0.2) is 18.2 Å². The van der Waals surface area contributed by atoms with E-state index in [-0.39, 0.29) is 6.04 Å². The minimum Gasteiger partial charge on any atom is -0.369 e. The van der Waals surface area contributed by atoms with Crippen LogP contribution in [-0.4, -0.2) is 25.7 Å². The van der Waals surface area contributed by atoms with Crippen molar-refractivity contribution in [3.63, 3.8) is 0 Å². The quantitative estimate of drug-likeness (QED) is 0.890. The summed E-state index contributed by atoms with van der Waals surface area (Å²) in [5.41, 5.74) is -0.175. The molecule has 0 aromatic heterocycles. The molecule has 0 radical (unpaired) electrons. The molecule has 1 aliphatic heterocycles. The number of nitrogens with zero attached hydrogens (tertiary/aromatic N) is 1. The van der Waals surface area contributed by atoms with Gasteiger partial charge in [0.15, 0.2) is 0 Å². The Balaban J connectivity index is 2.30. The summed E-state index contributed by atoms with van der Waals surface area (Å²) in [5, 5.41) is 3.76. The molecule has 1 unspecified atom stereocenters. The maximum atomic E-state index is 12.8. The number of alkyl halides is 3. The van der Waals surface area contributed by atoms with Crippen LogP contribution in [-0.2, 0) is 6.18 Å². The Hall–Kier alpha value is -0.940. The average molecular weight is 307 g/mol. The Bertz CT molecular complexity index is 462. The molecule has 0 bridgehead atoms. The van der Waals surface area contributed by atoms with Crippen LogP contribution in [0.5, 0.6) is 0 Å². The lowest BCUT2D eigenvalue weighted by molar-refractivity contribution is -0.137. The van der Waals surface area contributed by atoms with Gasteiger partial charge in [0.2, 0.25) is 0 Å². The molecule has 112 valence electrons. The second-order valence-electron chi connectivity index (χ2n) is 5.02. The van der Waals surface area contributed by atoms with Crippen molar-refractivity contribution in [1.29, 1.82) is 0 Å². The molecule has 1 heterocycles. The predicted molar refractivity (Wildman–Crippen MR) is 75.4 cm³/mol. The number of hydrogen-bond donors (Lipinski definition) is 1. The van der Waals surface area contributed by atoms with Crippen molar-refractivity contribution in [2.24, 2.45) is 0 Å². The lowest BCUT2D eigenvalue weighted by atomic mass is 10.1. The highest BCUT2D eigenvalue weighted by atomic mass is 35.5. The molecule has 0 saturated carbocycles. The summed E-state index contributed by atoms with van der Waals surface area (Å²) < 4.78 is 38.4. The van der Waals surface area contributed by atoms with Crippen molar-refractivity contribution in [2.45, 2.75) is 32.0 Å². The van der Waals surface area contributed by atoms with Gasteiger partial charge in [-0.05, 0) is 37.6 Å². The summed E-state index contributed by atoms with van der Waals surface area (Å²) in [7, 11) is 0. The van der Waals surface area contributed by atoms with E-state index in [4.69, 9.17) is 11.6 Å². The van der Waals surface area contributed by atoms with Crippen LogP contribution in [0.1, 0.15) is 25.3 Å². The van der Waals surface area contributed by atoms with E-state index in [1.54, 1.807) is 0 Å². The van der Waals surface area contributed by atoms with Gasteiger partial charge in [0.05, 0.1) is 16.3 Å². The van der Waals surface area contributed by atoms with E-state index in [0.29, 0.717) is 23.8 Å². The van der Waals surface area contributed by atoms with Crippen molar-refractivity contribution >= 4 is 17.3 Å². The molecule has 2 nitrogen and oxygen atoms in total. The van der Waals surface area contributed by atoms with Gasteiger partial charge >= 0.3 is 6.18 Å². The number of rotatable bonds is 2. The summed E-state index contributed by atoms with van der Waals surface area (Å²) in [5.74, 6) is 0. The largest absolute Gasteiger partial charge is 0.416 e. The Labute approximate surface area is 121 Å². The van der Waals surface area contributed by atoms with Crippen LogP contribution in [0.2, 0.25) is 5.02 Å². The zero-order valence-corrected chi connectivity index (χ0v) is 12.1. The van der Waals surface area contributed by atoms with Gasteiger partial charge in [0.25, 0.3) is 0 Å². The molecule has 1 aliphatic rings. The van der Waals surface area contributed by atoms with Crippen LogP contribution in [0.4, 0.5) is 18.9 Å². The Morgan fingerprint density at radius 1 is 1.40 bits per heavy atom. The summed E-state index contributed by atoms with van der Waals surface area (Å²) in [6.45, 7) is 4.34. The van der Waals surface area contributed by atoms with E-state index in [0.717, 1.165) is 31.5 Å². The first-order chi connectivity index (χ1) is 9.41. The van der Waals surface area contributed by atoms with Crippen molar-refractivity contribution in [1.82, 2.24) is 5.32 Å². The summed E-state index contributed by atoms with van der Waals surface area (Å²) in [6.07, 6.45) is -2.51. The molecule has 0 spiro atoms. The first-order valence-electron chi connectivity index (χ1n) is 6.77. The monoisotopic (exact) mass is 306 g/mol. The molecule has 1 aromatic rings. The molecular formula is C14H18ClF3N2. The van der Waals surface area contributed by atoms with E-state index < -0.39 is 11.7 Å². The molecule has 0 amide bonds. The third-order valence-electron chi connectivity index (χ3n) is 3.59. The highest BCUT2D eigenvalue weighted by Crippen LogP contribution is 2.35. The normalized spacial score (nSPS) is 20.9. The molecule has 2 rings (SSSR count). The molecule has 6 heteroatoms. The van der Waals surface area contributed by atoms with Gasteiger partial charge < -0.3 is 10.2 Å². The number of anilines is 1. The highest BCUT2D eigenvalue weighted by molar-refractivity contribution is 6.33. The highest BCUT2D eigenvalue weighted by Gasteiger charge is 2.31. The Morgan fingerprint density at radius 3 is 2.80 bits per heavy atom. The second-order valence-corrected chi connectivity index (χ2v) is 5.43. The van der Waals surface area contributed by atoms with Crippen LogP contribution < -0.4 is 10.2 Å².